The molecule has 2 heterocycles. The van der Waals surface area contributed by atoms with E-state index in [-0.39, 0.29) is 41.8 Å². The number of Topliss-reactive ketones (excluding diaryl/α,β-unsaturated/α-hetero) is 1. The standard InChI is InChI=1S/C32H25F8N3O2/c33-20-10-17(11-21(34)14-20)9-19(29-23(3-2-8-42-29)18-5-6-26(35)24(13-18)30(41)45)12-22(44)15-43-16-25(32(38,39)40)28-27(43)4-1-7-31(28,36)37/h2-3,5-6,8,10-11,13-14,16,19H,1,4,7,9,12,15H2,(H2,41,45)/t19-/m1/s1. The summed E-state index contributed by atoms with van der Waals surface area (Å²) >= 11 is 0. The molecule has 0 fully saturated rings. The largest absolute Gasteiger partial charge is 0.418 e. The molecule has 13 heteroatoms. The fourth-order valence-electron chi connectivity index (χ4n) is 5.91. The van der Waals surface area contributed by atoms with E-state index in [1.54, 1.807) is 6.07 Å². The zero-order chi connectivity index (χ0) is 32.7. The number of amides is 1. The van der Waals surface area contributed by atoms with Gasteiger partial charge >= 0.3 is 6.18 Å². The second-order valence-corrected chi connectivity index (χ2v) is 11.0. The summed E-state index contributed by atoms with van der Waals surface area (Å²) in [4.78, 5) is 29.6. The number of fused-ring (bicyclic) bond motifs is 1. The average Bonchev–Trinajstić information content (AvgIpc) is 3.32. The van der Waals surface area contributed by atoms with Gasteiger partial charge in [-0.3, -0.25) is 14.6 Å². The number of ketones is 1. The van der Waals surface area contributed by atoms with Gasteiger partial charge in [-0.2, -0.15) is 13.2 Å². The molecular formula is C32H25F8N3O2. The zero-order valence-corrected chi connectivity index (χ0v) is 23.4. The van der Waals surface area contributed by atoms with Crippen LogP contribution in [0.1, 0.15) is 63.6 Å². The number of hydrogen-bond acceptors (Lipinski definition) is 3. The topological polar surface area (TPSA) is 78.0 Å². The minimum Gasteiger partial charge on any atom is -0.366 e. The van der Waals surface area contributed by atoms with E-state index in [0.717, 1.165) is 22.8 Å². The van der Waals surface area contributed by atoms with Gasteiger partial charge in [-0.15, -0.1) is 0 Å². The van der Waals surface area contributed by atoms with Crippen molar-refractivity contribution in [3.8, 4) is 11.1 Å². The molecule has 0 unspecified atom stereocenters. The molecule has 0 saturated heterocycles. The van der Waals surface area contributed by atoms with Crippen molar-refractivity contribution in [3.63, 3.8) is 0 Å². The average molecular weight is 636 g/mol. The summed E-state index contributed by atoms with van der Waals surface area (Å²) in [6.45, 7) is -0.674. The Bertz CT molecular complexity index is 1760. The summed E-state index contributed by atoms with van der Waals surface area (Å²) in [5.74, 6) is -9.02. The van der Waals surface area contributed by atoms with Crippen LogP contribution < -0.4 is 5.73 Å². The van der Waals surface area contributed by atoms with Crippen LogP contribution in [-0.4, -0.2) is 21.2 Å². The van der Waals surface area contributed by atoms with E-state index in [1.807, 2.05) is 0 Å². The van der Waals surface area contributed by atoms with E-state index in [1.165, 1.54) is 24.4 Å². The van der Waals surface area contributed by atoms with Crippen LogP contribution >= 0.6 is 0 Å². The minimum absolute atomic E-state index is 0.0779. The summed E-state index contributed by atoms with van der Waals surface area (Å²) in [6, 6.07) is 9.37. The number of aromatic nitrogens is 2. The van der Waals surface area contributed by atoms with Crippen molar-refractivity contribution in [2.24, 2.45) is 5.73 Å². The van der Waals surface area contributed by atoms with Crippen LogP contribution in [0.4, 0.5) is 35.1 Å². The lowest BCUT2D eigenvalue weighted by Crippen LogP contribution is -2.25. The Labute approximate surface area is 251 Å². The normalized spacial score (nSPS) is 15.0. The first-order valence-electron chi connectivity index (χ1n) is 13.8. The van der Waals surface area contributed by atoms with Gasteiger partial charge in [-0.1, -0.05) is 12.1 Å². The molecule has 1 atom stereocenters. The van der Waals surface area contributed by atoms with Crippen molar-refractivity contribution >= 4 is 11.7 Å². The van der Waals surface area contributed by atoms with E-state index in [9.17, 15) is 44.7 Å². The molecule has 2 aromatic carbocycles. The molecule has 0 bridgehead atoms. The van der Waals surface area contributed by atoms with E-state index in [4.69, 9.17) is 5.73 Å². The summed E-state index contributed by atoms with van der Waals surface area (Å²) < 4.78 is 114. The van der Waals surface area contributed by atoms with Crippen LogP contribution in [0, 0.1) is 17.5 Å². The van der Waals surface area contributed by atoms with Gasteiger partial charge in [0, 0.05) is 48.5 Å². The van der Waals surface area contributed by atoms with Crippen LogP contribution in [0.3, 0.4) is 0 Å². The van der Waals surface area contributed by atoms with Crippen molar-refractivity contribution < 1.29 is 44.7 Å². The predicted molar refractivity (Wildman–Crippen MR) is 147 cm³/mol. The number of carbonyl (C=O) groups excluding carboxylic acids is 2. The number of pyridine rings is 1. The predicted octanol–water partition coefficient (Wildman–Crippen LogP) is 7.50. The zero-order valence-electron chi connectivity index (χ0n) is 23.4. The van der Waals surface area contributed by atoms with Crippen LogP contribution in [0.15, 0.2) is 60.9 Å². The third-order valence-corrected chi connectivity index (χ3v) is 7.76. The first-order chi connectivity index (χ1) is 21.1. The number of hydrogen-bond donors (Lipinski definition) is 1. The summed E-state index contributed by atoms with van der Waals surface area (Å²) in [6.07, 6.45) is -4.68. The van der Waals surface area contributed by atoms with Crippen molar-refractivity contribution in [3.05, 3.63) is 112 Å². The third kappa shape index (κ3) is 6.76. The Hall–Kier alpha value is -4.55. The Morgan fingerprint density at radius 3 is 2.40 bits per heavy atom. The molecule has 45 heavy (non-hydrogen) atoms. The Morgan fingerprint density at radius 2 is 1.73 bits per heavy atom. The first kappa shape index (κ1) is 31.9. The van der Waals surface area contributed by atoms with Crippen molar-refractivity contribution in [1.29, 1.82) is 0 Å². The fraction of sp³-hybridized carbons (Fsp3) is 0.281. The fourth-order valence-corrected chi connectivity index (χ4v) is 5.91. The van der Waals surface area contributed by atoms with Crippen molar-refractivity contribution in [2.45, 2.75) is 56.7 Å². The molecule has 2 aromatic heterocycles. The van der Waals surface area contributed by atoms with Crippen LogP contribution in [0.5, 0.6) is 0 Å². The highest BCUT2D eigenvalue weighted by atomic mass is 19.4. The molecule has 1 aliphatic rings. The molecular weight excluding hydrogens is 610 g/mol. The molecule has 0 spiro atoms. The van der Waals surface area contributed by atoms with E-state index >= 15 is 0 Å². The molecule has 2 N–H and O–H groups in total. The van der Waals surface area contributed by atoms with Gasteiger partial charge < -0.3 is 10.3 Å². The highest BCUT2D eigenvalue weighted by Crippen LogP contribution is 2.47. The first-order valence-corrected chi connectivity index (χ1v) is 13.8. The SMILES string of the molecule is NC(=O)c1cc(-c2cccnc2[C@@H](CC(=O)Cn2cc(C(F)(F)F)c3c2CCCC3(F)F)Cc2cc(F)cc(F)c2)ccc1F. The summed E-state index contributed by atoms with van der Waals surface area (Å²) in [5.41, 5.74) is 2.91. The monoisotopic (exact) mass is 635 g/mol. The highest BCUT2D eigenvalue weighted by molar-refractivity contribution is 5.94. The maximum Gasteiger partial charge on any atom is 0.418 e. The minimum atomic E-state index is -5.08. The Balaban J connectivity index is 1.54. The van der Waals surface area contributed by atoms with Gasteiger partial charge in [0.15, 0.2) is 5.78 Å². The molecule has 5 nitrogen and oxygen atoms in total. The number of nitrogens with two attached hydrogens (primary N) is 1. The molecule has 0 saturated carbocycles. The lowest BCUT2D eigenvalue weighted by Gasteiger charge is -2.25. The lowest BCUT2D eigenvalue weighted by atomic mass is 9.86. The number of benzene rings is 2. The number of alkyl halides is 5. The molecule has 0 aliphatic heterocycles. The van der Waals surface area contributed by atoms with Crippen LogP contribution in [0.2, 0.25) is 0 Å². The van der Waals surface area contributed by atoms with Gasteiger partial charge in [-0.05, 0) is 60.7 Å². The van der Waals surface area contributed by atoms with Crippen LogP contribution in [0.25, 0.3) is 11.1 Å². The number of rotatable bonds is 9. The molecule has 4 aromatic rings. The van der Waals surface area contributed by atoms with Crippen molar-refractivity contribution in [2.75, 3.05) is 0 Å². The molecule has 1 aliphatic carbocycles. The smallest absolute Gasteiger partial charge is 0.366 e. The van der Waals surface area contributed by atoms with Crippen LogP contribution in [-0.2, 0) is 36.3 Å². The highest BCUT2D eigenvalue weighted by Gasteiger charge is 2.48. The van der Waals surface area contributed by atoms with Gasteiger partial charge in [0.1, 0.15) is 17.5 Å². The maximum absolute atomic E-state index is 14.7. The summed E-state index contributed by atoms with van der Waals surface area (Å²) in [7, 11) is 0. The molecule has 5 rings (SSSR count). The second-order valence-electron chi connectivity index (χ2n) is 11.0. The Morgan fingerprint density at radius 1 is 1.02 bits per heavy atom. The molecule has 0 radical (unpaired) electrons. The lowest BCUT2D eigenvalue weighted by molar-refractivity contribution is -0.142. The number of primary amides is 1. The quantitative estimate of drug-likeness (QED) is 0.194. The Kier molecular flexibility index (Phi) is 8.56. The van der Waals surface area contributed by atoms with Gasteiger partial charge in [-0.25, -0.2) is 22.0 Å². The second kappa shape index (κ2) is 12.1. The van der Waals surface area contributed by atoms with Gasteiger partial charge in [0.25, 0.3) is 11.8 Å². The number of carbonyl (C=O) groups is 2. The molecule has 1 amide bonds. The van der Waals surface area contributed by atoms with E-state index < -0.39 is 83.2 Å². The van der Waals surface area contributed by atoms with Crippen molar-refractivity contribution in [1.82, 2.24) is 9.55 Å². The van der Waals surface area contributed by atoms with Gasteiger partial charge in [0.05, 0.1) is 28.9 Å². The summed E-state index contributed by atoms with van der Waals surface area (Å²) in [5, 5.41) is 0. The van der Waals surface area contributed by atoms with E-state index in [2.05, 4.69) is 4.98 Å². The number of halogens is 8. The van der Waals surface area contributed by atoms with Gasteiger partial charge in [0.2, 0.25) is 0 Å². The molecule has 236 valence electrons. The number of nitrogens with zero attached hydrogens (tertiary/aromatic N) is 2. The maximum atomic E-state index is 14.7. The van der Waals surface area contributed by atoms with E-state index in [0.29, 0.717) is 17.8 Å². The third-order valence-electron chi connectivity index (χ3n) is 7.76.